The first kappa shape index (κ1) is 12.0. The maximum Gasteiger partial charge on any atom is 0.254 e. The Labute approximate surface area is 105 Å². The third-order valence-corrected chi connectivity index (χ3v) is 2.71. The van der Waals surface area contributed by atoms with Crippen LogP contribution < -0.4 is 16.2 Å². The van der Waals surface area contributed by atoms with Crippen LogP contribution in [0.15, 0.2) is 42.5 Å². The fourth-order valence-electron chi connectivity index (χ4n) is 1.86. The van der Waals surface area contributed by atoms with Gasteiger partial charge in [-0.2, -0.15) is 0 Å². The molecular weight excluding hydrogens is 228 g/mol. The summed E-state index contributed by atoms with van der Waals surface area (Å²) in [7, 11) is 1.48. The van der Waals surface area contributed by atoms with E-state index >= 15 is 0 Å². The highest BCUT2D eigenvalue weighted by Gasteiger charge is 2.15. The average Bonchev–Trinajstić information content (AvgIpc) is 2.38. The van der Waals surface area contributed by atoms with E-state index < -0.39 is 5.91 Å². The number of ether oxygens (including phenoxy) is 1. The Hall–Kier alpha value is -2.49. The second kappa shape index (κ2) is 4.79. The molecule has 2 aromatic carbocycles. The Balaban J connectivity index is 2.60. The lowest BCUT2D eigenvalue weighted by Crippen LogP contribution is -2.15. The van der Waals surface area contributed by atoms with Gasteiger partial charge in [0.25, 0.3) is 5.91 Å². The van der Waals surface area contributed by atoms with E-state index in [-0.39, 0.29) is 5.56 Å². The Morgan fingerprint density at radius 1 is 1.11 bits per heavy atom. The van der Waals surface area contributed by atoms with Crippen LogP contribution in [0.2, 0.25) is 0 Å². The fourth-order valence-corrected chi connectivity index (χ4v) is 1.86. The zero-order valence-electron chi connectivity index (χ0n) is 10.0. The number of carbonyl (C=O) groups excluding carboxylic acids is 1. The number of primary amides is 1. The first-order valence-corrected chi connectivity index (χ1v) is 5.46. The number of hydrogen-bond acceptors (Lipinski definition) is 3. The largest absolute Gasteiger partial charge is 0.496 e. The molecule has 0 aliphatic heterocycles. The molecule has 0 bridgehead atoms. The summed E-state index contributed by atoms with van der Waals surface area (Å²) in [5.74, 6) is -0.203. The van der Waals surface area contributed by atoms with E-state index in [1.165, 1.54) is 7.11 Å². The van der Waals surface area contributed by atoms with Gasteiger partial charge in [-0.15, -0.1) is 0 Å². The van der Waals surface area contributed by atoms with Crippen LogP contribution in [0.25, 0.3) is 11.1 Å². The molecule has 92 valence electrons. The van der Waals surface area contributed by atoms with Gasteiger partial charge in [0.2, 0.25) is 0 Å². The van der Waals surface area contributed by atoms with Crippen molar-refractivity contribution in [1.82, 2.24) is 0 Å². The zero-order valence-corrected chi connectivity index (χ0v) is 10.0. The molecule has 2 aromatic rings. The van der Waals surface area contributed by atoms with Crippen LogP contribution in [0.3, 0.4) is 0 Å². The van der Waals surface area contributed by atoms with E-state index in [0.717, 1.165) is 11.1 Å². The summed E-state index contributed by atoms with van der Waals surface area (Å²) < 4.78 is 5.17. The van der Waals surface area contributed by atoms with Crippen molar-refractivity contribution in [3.63, 3.8) is 0 Å². The molecule has 0 unspecified atom stereocenters. The van der Waals surface area contributed by atoms with Crippen molar-refractivity contribution in [2.75, 3.05) is 12.8 Å². The van der Waals surface area contributed by atoms with Gasteiger partial charge in [0.1, 0.15) is 11.3 Å². The van der Waals surface area contributed by atoms with Gasteiger partial charge in [-0.3, -0.25) is 4.79 Å². The Morgan fingerprint density at radius 3 is 2.33 bits per heavy atom. The Kier molecular flexibility index (Phi) is 3.19. The Bertz CT molecular complexity index is 580. The van der Waals surface area contributed by atoms with Crippen LogP contribution in [0, 0.1) is 0 Å². The lowest BCUT2D eigenvalue weighted by Gasteiger charge is -2.11. The number of nitrogen functional groups attached to an aromatic ring is 1. The van der Waals surface area contributed by atoms with E-state index in [0.29, 0.717) is 11.4 Å². The van der Waals surface area contributed by atoms with Crippen molar-refractivity contribution in [2.45, 2.75) is 0 Å². The van der Waals surface area contributed by atoms with Gasteiger partial charge in [0, 0.05) is 5.69 Å². The van der Waals surface area contributed by atoms with E-state index in [2.05, 4.69) is 0 Å². The first-order chi connectivity index (χ1) is 8.63. The SMILES string of the molecule is COc1cc(-c2ccccc2)cc(N)c1C(N)=O. The minimum Gasteiger partial charge on any atom is -0.496 e. The minimum absolute atomic E-state index is 0.220. The molecule has 0 heterocycles. The van der Waals surface area contributed by atoms with Crippen molar-refractivity contribution in [1.29, 1.82) is 0 Å². The van der Waals surface area contributed by atoms with Crippen LogP contribution in [0.1, 0.15) is 10.4 Å². The van der Waals surface area contributed by atoms with Crippen molar-refractivity contribution in [3.05, 3.63) is 48.0 Å². The maximum atomic E-state index is 11.3. The molecule has 0 spiro atoms. The third-order valence-electron chi connectivity index (χ3n) is 2.71. The molecule has 18 heavy (non-hydrogen) atoms. The monoisotopic (exact) mass is 242 g/mol. The molecule has 0 aliphatic carbocycles. The molecule has 0 saturated heterocycles. The highest BCUT2D eigenvalue weighted by molar-refractivity contribution is 6.01. The number of methoxy groups -OCH3 is 1. The molecule has 2 rings (SSSR count). The van der Waals surface area contributed by atoms with Crippen LogP contribution in [-0.2, 0) is 0 Å². The summed E-state index contributed by atoms with van der Waals surface area (Å²) in [6.45, 7) is 0. The topological polar surface area (TPSA) is 78.3 Å². The number of carbonyl (C=O) groups is 1. The van der Waals surface area contributed by atoms with Crippen LogP contribution in [0.5, 0.6) is 5.75 Å². The third kappa shape index (κ3) is 2.13. The molecule has 0 fully saturated rings. The van der Waals surface area contributed by atoms with Crippen LogP contribution >= 0.6 is 0 Å². The second-order valence-electron chi connectivity index (χ2n) is 3.87. The van der Waals surface area contributed by atoms with Gasteiger partial charge in [-0.25, -0.2) is 0 Å². The van der Waals surface area contributed by atoms with Crippen molar-refractivity contribution in [2.24, 2.45) is 5.73 Å². The average molecular weight is 242 g/mol. The van der Waals surface area contributed by atoms with Gasteiger partial charge >= 0.3 is 0 Å². The fraction of sp³-hybridized carbons (Fsp3) is 0.0714. The van der Waals surface area contributed by atoms with Gasteiger partial charge in [-0.1, -0.05) is 30.3 Å². The molecule has 4 N–H and O–H groups in total. The Morgan fingerprint density at radius 2 is 1.78 bits per heavy atom. The summed E-state index contributed by atoms with van der Waals surface area (Å²) >= 11 is 0. The molecule has 0 atom stereocenters. The number of benzene rings is 2. The predicted molar refractivity (Wildman–Crippen MR) is 71.4 cm³/mol. The van der Waals surface area contributed by atoms with Gasteiger partial charge < -0.3 is 16.2 Å². The van der Waals surface area contributed by atoms with Crippen molar-refractivity contribution in [3.8, 4) is 16.9 Å². The van der Waals surface area contributed by atoms with Gasteiger partial charge in [0.15, 0.2) is 0 Å². The molecule has 0 saturated carbocycles. The van der Waals surface area contributed by atoms with Gasteiger partial charge in [0.05, 0.1) is 7.11 Å². The smallest absolute Gasteiger partial charge is 0.254 e. The highest BCUT2D eigenvalue weighted by Crippen LogP contribution is 2.31. The summed E-state index contributed by atoms with van der Waals surface area (Å²) in [5.41, 5.74) is 13.6. The normalized spacial score (nSPS) is 10.1. The quantitative estimate of drug-likeness (QED) is 0.808. The maximum absolute atomic E-state index is 11.3. The molecule has 1 amide bonds. The lowest BCUT2D eigenvalue weighted by atomic mass is 10.0. The number of anilines is 1. The standard InChI is InChI=1S/C14H14N2O2/c1-18-12-8-10(9-5-3-2-4-6-9)7-11(15)13(12)14(16)17/h2-8H,15H2,1H3,(H2,16,17). The summed E-state index contributed by atoms with van der Waals surface area (Å²) in [6.07, 6.45) is 0. The summed E-state index contributed by atoms with van der Waals surface area (Å²) in [4.78, 5) is 11.3. The molecule has 0 radical (unpaired) electrons. The number of hydrogen-bond donors (Lipinski definition) is 2. The number of rotatable bonds is 3. The summed E-state index contributed by atoms with van der Waals surface area (Å²) in [5, 5.41) is 0. The molecule has 4 heteroatoms. The van der Waals surface area contributed by atoms with Crippen molar-refractivity contribution < 1.29 is 9.53 Å². The van der Waals surface area contributed by atoms with Crippen LogP contribution in [-0.4, -0.2) is 13.0 Å². The second-order valence-corrected chi connectivity index (χ2v) is 3.87. The molecule has 0 aliphatic rings. The number of amides is 1. The first-order valence-electron chi connectivity index (χ1n) is 5.46. The minimum atomic E-state index is -0.594. The summed E-state index contributed by atoms with van der Waals surface area (Å²) in [6, 6.07) is 13.2. The molecule has 4 nitrogen and oxygen atoms in total. The van der Waals surface area contributed by atoms with Gasteiger partial charge in [-0.05, 0) is 23.3 Å². The van der Waals surface area contributed by atoms with E-state index in [1.54, 1.807) is 12.1 Å². The number of nitrogens with two attached hydrogens (primary N) is 2. The van der Waals surface area contributed by atoms with Crippen LogP contribution in [0.4, 0.5) is 5.69 Å². The van der Waals surface area contributed by atoms with E-state index in [4.69, 9.17) is 16.2 Å². The zero-order chi connectivity index (χ0) is 13.1. The van der Waals surface area contributed by atoms with Crippen molar-refractivity contribution >= 4 is 11.6 Å². The predicted octanol–water partition coefficient (Wildman–Crippen LogP) is 2.04. The molecular formula is C14H14N2O2. The van der Waals surface area contributed by atoms with E-state index in [1.807, 2.05) is 30.3 Å². The lowest BCUT2D eigenvalue weighted by molar-refractivity contribution is 0.0998. The highest BCUT2D eigenvalue weighted by atomic mass is 16.5. The molecule has 0 aromatic heterocycles. The van der Waals surface area contributed by atoms with E-state index in [9.17, 15) is 4.79 Å².